The van der Waals surface area contributed by atoms with Crippen molar-refractivity contribution in [2.75, 3.05) is 11.4 Å². The van der Waals surface area contributed by atoms with Crippen LogP contribution < -0.4 is 10.6 Å². The van der Waals surface area contributed by atoms with Gasteiger partial charge in [0.2, 0.25) is 5.91 Å². The lowest BCUT2D eigenvalue weighted by Crippen LogP contribution is -2.30. The number of carbonyl (C=O) groups is 1. The summed E-state index contributed by atoms with van der Waals surface area (Å²) in [6, 6.07) is 18.9. The number of para-hydroxylation sites is 1. The summed E-state index contributed by atoms with van der Waals surface area (Å²) < 4.78 is 0. The van der Waals surface area contributed by atoms with Crippen LogP contribution >= 0.6 is 0 Å². The maximum Gasteiger partial charge on any atom is 0.225 e. The first kappa shape index (κ1) is 16.6. The van der Waals surface area contributed by atoms with Crippen molar-refractivity contribution in [2.45, 2.75) is 44.6 Å². The first-order chi connectivity index (χ1) is 11.6. The third-order valence-corrected chi connectivity index (χ3v) is 5.25. The van der Waals surface area contributed by atoms with E-state index in [1.165, 1.54) is 24.1 Å². The van der Waals surface area contributed by atoms with Gasteiger partial charge >= 0.3 is 0 Å². The Morgan fingerprint density at radius 2 is 1.79 bits per heavy atom. The molecule has 24 heavy (non-hydrogen) atoms. The second-order valence-corrected chi connectivity index (χ2v) is 6.82. The van der Waals surface area contributed by atoms with Crippen LogP contribution in [0.15, 0.2) is 54.6 Å². The molecule has 3 nitrogen and oxygen atoms in total. The Hall–Kier alpha value is -2.29. The number of nitrogens with two attached hydrogens (primary N) is 1. The molecule has 3 unspecified atom stereocenters. The van der Waals surface area contributed by atoms with Gasteiger partial charge in [0, 0.05) is 18.3 Å². The number of nitrogens with zero attached hydrogens (tertiary/aromatic N) is 1. The zero-order valence-electron chi connectivity index (χ0n) is 14.5. The van der Waals surface area contributed by atoms with Crippen molar-refractivity contribution in [1.82, 2.24) is 0 Å². The van der Waals surface area contributed by atoms with Gasteiger partial charge < -0.3 is 10.6 Å². The number of rotatable bonds is 5. The van der Waals surface area contributed by atoms with Gasteiger partial charge in [0.05, 0.1) is 5.92 Å². The SMILES string of the molecule is CC(c1ccccc1N1CCCC1C)C(C(N)=O)c1ccccc1. The summed E-state index contributed by atoms with van der Waals surface area (Å²) in [6.07, 6.45) is 2.45. The topological polar surface area (TPSA) is 46.3 Å². The summed E-state index contributed by atoms with van der Waals surface area (Å²) in [6.45, 7) is 5.47. The zero-order valence-corrected chi connectivity index (χ0v) is 14.5. The third-order valence-electron chi connectivity index (χ3n) is 5.25. The second-order valence-electron chi connectivity index (χ2n) is 6.82. The highest BCUT2D eigenvalue weighted by atomic mass is 16.1. The van der Waals surface area contributed by atoms with Crippen molar-refractivity contribution in [1.29, 1.82) is 0 Å². The smallest absolute Gasteiger partial charge is 0.225 e. The average molecular weight is 322 g/mol. The van der Waals surface area contributed by atoms with Crippen LogP contribution in [0.1, 0.15) is 49.7 Å². The highest BCUT2D eigenvalue weighted by Crippen LogP contribution is 2.39. The van der Waals surface area contributed by atoms with Crippen LogP contribution in [0, 0.1) is 0 Å². The molecule has 3 rings (SSSR count). The van der Waals surface area contributed by atoms with Crippen molar-refractivity contribution >= 4 is 11.6 Å². The summed E-state index contributed by atoms with van der Waals surface area (Å²) in [5, 5.41) is 0. The molecular formula is C21H26N2O. The van der Waals surface area contributed by atoms with Gasteiger partial charge in [-0.2, -0.15) is 0 Å². The Morgan fingerprint density at radius 1 is 1.12 bits per heavy atom. The predicted molar refractivity (Wildman–Crippen MR) is 99.3 cm³/mol. The average Bonchev–Trinajstić information content (AvgIpc) is 3.01. The number of carbonyl (C=O) groups excluding carboxylic acids is 1. The van der Waals surface area contributed by atoms with E-state index in [9.17, 15) is 4.79 Å². The van der Waals surface area contributed by atoms with Crippen molar-refractivity contribution in [3.8, 4) is 0 Å². The highest BCUT2D eigenvalue weighted by molar-refractivity contribution is 5.83. The van der Waals surface area contributed by atoms with Crippen molar-refractivity contribution in [3.05, 3.63) is 65.7 Å². The van der Waals surface area contributed by atoms with E-state index in [0.29, 0.717) is 6.04 Å². The number of hydrogen-bond acceptors (Lipinski definition) is 2. The van der Waals surface area contributed by atoms with Gasteiger partial charge in [0.25, 0.3) is 0 Å². The number of benzene rings is 2. The second kappa shape index (κ2) is 7.08. The molecule has 0 bridgehead atoms. The normalized spacial score (nSPS) is 19.9. The van der Waals surface area contributed by atoms with Gasteiger partial charge in [-0.1, -0.05) is 55.5 Å². The molecule has 1 aliphatic heterocycles. The monoisotopic (exact) mass is 322 g/mol. The van der Waals surface area contributed by atoms with E-state index < -0.39 is 0 Å². The molecule has 3 atom stereocenters. The van der Waals surface area contributed by atoms with Crippen molar-refractivity contribution in [2.24, 2.45) is 5.73 Å². The van der Waals surface area contributed by atoms with Gasteiger partial charge in [-0.15, -0.1) is 0 Å². The minimum Gasteiger partial charge on any atom is -0.369 e. The standard InChI is InChI=1S/C21H26N2O/c1-15-9-8-14-23(15)19-13-7-6-12-18(19)16(2)20(21(22)24)17-10-4-3-5-11-17/h3-7,10-13,15-16,20H,8-9,14H2,1-2H3,(H2,22,24). The lowest BCUT2D eigenvalue weighted by atomic mass is 9.81. The van der Waals surface area contributed by atoms with E-state index in [-0.39, 0.29) is 17.7 Å². The Kier molecular flexibility index (Phi) is 4.89. The molecule has 126 valence electrons. The molecule has 1 aliphatic rings. The third kappa shape index (κ3) is 3.16. The van der Waals surface area contributed by atoms with Crippen LogP contribution in [0.4, 0.5) is 5.69 Å². The van der Waals surface area contributed by atoms with Crippen LogP contribution in [-0.2, 0) is 4.79 Å². The first-order valence-electron chi connectivity index (χ1n) is 8.79. The summed E-state index contributed by atoms with van der Waals surface area (Å²) in [7, 11) is 0. The fourth-order valence-corrected chi connectivity index (χ4v) is 3.96. The lowest BCUT2D eigenvalue weighted by molar-refractivity contribution is -0.119. The maximum absolute atomic E-state index is 12.2. The molecule has 1 heterocycles. The number of primary amides is 1. The lowest BCUT2D eigenvalue weighted by Gasteiger charge is -2.30. The van der Waals surface area contributed by atoms with Crippen molar-refractivity contribution in [3.63, 3.8) is 0 Å². The van der Waals surface area contributed by atoms with Gasteiger partial charge in [-0.05, 0) is 42.9 Å². The van der Waals surface area contributed by atoms with E-state index in [2.05, 4.69) is 43.0 Å². The van der Waals surface area contributed by atoms with Crippen LogP contribution in [0.25, 0.3) is 0 Å². The fraction of sp³-hybridized carbons (Fsp3) is 0.381. The Morgan fingerprint density at radius 3 is 2.42 bits per heavy atom. The molecule has 0 radical (unpaired) electrons. The van der Waals surface area contributed by atoms with Crippen molar-refractivity contribution < 1.29 is 4.79 Å². The van der Waals surface area contributed by atoms with E-state index in [0.717, 1.165) is 12.1 Å². The summed E-state index contributed by atoms with van der Waals surface area (Å²) >= 11 is 0. The molecule has 2 aromatic rings. The van der Waals surface area contributed by atoms with Crippen LogP contribution in [0.3, 0.4) is 0 Å². The molecule has 2 N–H and O–H groups in total. The number of anilines is 1. The number of hydrogen-bond donors (Lipinski definition) is 1. The van der Waals surface area contributed by atoms with Gasteiger partial charge in [-0.25, -0.2) is 0 Å². The summed E-state index contributed by atoms with van der Waals surface area (Å²) in [5.74, 6) is -0.544. The quantitative estimate of drug-likeness (QED) is 0.903. The van der Waals surface area contributed by atoms with Crippen LogP contribution in [0.2, 0.25) is 0 Å². The van der Waals surface area contributed by atoms with Gasteiger partial charge in [0.1, 0.15) is 0 Å². The maximum atomic E-state index is 12.2. The molecular weight excluding hydrogens is 296 g/mol. The largest absolute Gasteiger partial charge is 0.369 e. The molecule has 1 amide bonds. The Balaban J connectivity index is 1.99. The van der Waals surface area contributed by atoms with Gasteiger partial charge in [-0.3, -0.25) is 4.79 Å². The molecule has 3 heteroatoms. The van der Waals surface area contributed by atoms with E-state index in [4.69, 9.17) is 5.73 Å². The zero-order chi connectivity index (χ0) is 17.1. The van der Waals surface area contributed by atoms with E-state index in [1.807, 2.05) is 30.3 Å². The molecule has 1 fully saturated rings. The van der Waals surface area contributed by atoms with E-state index in [1.54, 1.807) is 0 Å². The Labute approximate surface area is 144 Å². The molecule has 0 spiro atoms. The number of amides is 1. The summed E-state index contributed by atoms with van der Waals surface area (Å²) in [5.41, 5.74) is 9.23. The molecule has 0 saturated carbocycles. The fourth-order valence-electron chi connectivity index (χ4n) is 3.96. The molecule has 1 saturated heterocycles. The molecule has 2 aromatic carbocycles. The van der Waals surface area contributed by atoms with Gasteiger partial charge in [0.15, 0.2) is 0 Å². The minimum atomic E-state index is -0.315. The minimum absolute atomic E-state index is 0.0360. The molecule has 0 aliphatic carbocycles. The predicted octanol–water partition coefficient (Wildman–Crippen LogP) is 4.05. The van der Waals surface area contributed by atoms with Crippen LogP contribution in [0.5, 0.6) is 0 Å². The first-order valence-corrected chi connectivity index (χ1v) is 8.79. The summed E-state index contributed by atoms with van der Waals surface area (Å²) in [4.78, 5) is 14.7. The molecule has 0 aromatic heterocycles. The Bertz CT molecular complexity index is 698. The van der Waals surface area contributed by atoms with Crippen LogP contribution in [-0.4, -0.2) is 18.5 Å². The van der Waals surface area contributed by atoms with E-state index >= 15 is 0 Å². The highest BCUT2D eigenvalue weighted by Gasteiger charge is 2.30.